The molecule has 0 radical (unpaired) electrons. The quantitative estimate of drug-likeness (QED) is 0.666. The third-order valence-electron chi connectivity index (χ3n) is 2.19. The summed E-state index contributed by atoms with van der Waals surface area (Å²) in [5.41, 5.74) is 0. The second kappa shape index (κ2) is 5.50. The van der Waals surface area contributed by atoms with Gasteiger partial charge in [0.05, 0.1) is 6.10 Å². The standard InChI is InChI=1S/C9H19N2O2P/c1-6-9(4)13-14(12,7-10)11(5)8(2)3/h8-9H,6H2,1-5H3. The van der Waals surface area contributed by atoms with Gasteiger partial charge in [-0.3, -0.25) is 4.57 Å². The van der Waals surface area contributed by atoms with Gasteiger partial charge in [0.2, 0.25) is 0 Å². The molecule has 0 fully saturated rings. The lowest BCUT2D eigenvalue weighted by Crippen LogP contribution is -2.25. The van der Waals surface area contributed by atoms with Gasteiger partial charge in [-0.1, -0.05) is 6.92 Å². The number of nitriles is 1. The van der Waals surface area contributed by atoms with Crippen molar-refractivity contribution >= 4 is 7.52 Å². The molecule has 2 atom stereocenters. The summed E-state index contributed by atoms with van der Waals surface area (Å²) in [5.74, 6) is 1.78. The van der Waals surface area contributed by atoms with Crippen LogP contribution >= 0.6 is 7.52 Å². The van der Waals surface area contributed by atoms with Gasteiger partial charge in [0.1, 0.15) is 0 Å². The molecular weight excluding hydrogens is 199 g/mol. The van der Waals surface area contributed by atoms with Gasteiger partial charge in [0.25, 0.3) is 0 Å². The van der Waals surface area contributed by atoms with Crippen LogP contribution in [0.1, 0.15) is 34.1 Å². The highest BCUT2D eigenvalue weighted by Gasteiger charge is 2.32. The summed E-state index contributed by atoms with van der Waals surface area (Å²) in [4.78, 5) is 0. The van der Waals surface area contributed by atoms with Gasteiger partial charge in [0, 0.05) is 6.04 Å². The van der Waals surface area contributed by atoms with Crippen LogP contribution in [0.3, 0.4) is 0 Å². The SMILES string of the molecule is CCC(C)OP(=O)(C#N)N(C)C(C)C. The van der Waals surface area contributed by atoms with Crippen LogP contribution in [0.25, 0.3) is 0 Å². The van der Waals surface area contributed by atoms with E-state index in [2.05, 4.69) is 0 Å². The number of hydrogen-bond acceptors (Lipinski definition) is 3. The molecule has 0 saturated carbocycles. The molecule has 0 bridgehead atoms. The molecule has 2 unspecified atom stereocenters. The average molecular weight is 218 g/mol. The predicted molar refractivity (Wildman–Crippen MR) is 57.0 cm³/mol. The molecule has 0 aliphatic rings. The third-order valence-corrected chi connectivity index (χ3v) is 4.38. The number of nitrogens with zero attached hydrogens (tertiary/aromatic N) is 2. The lowest BCUT2D eigenvalue weighted by atomic mass is 10.3. The van der Waals surface area contributed by atoms with E-state index in [1.54, 1.807) is 12.9 Å². The summed E-state index contributed by atoms with van der Waals surface area (Å²) < 4.78 is 18.8. The lowest BCUT2D eigenvalue weighted by Gasteiger charge is -2.27. The van der Waals surface area contributed by atoms with Gasteiger partial charge in [-0.2, -0.15) is 5.26 Å². The summed E-state index contributed by atoms with van der Waals surface area (Å²) in [5, 5.41) is 8.87. The molecule has 0 rings (SSSR count). The van der Waals surface area contributed by atoms with E-state index in [-0.39, 0.29) is 12.1 Å². The summed E-state index contributed by atoms with van der Waals surface area (Å²) >= 11 is 0. The fourth-order valence-electron chi connectivity index (χ4n) is 0.791. The Balaban J connectivity index is 4.66. The van der Waals surface area contributed by atoms with Crippen molar-refractivity contribution in [3.63, 3.8) is 0 Å². The molecule has 0 saturated heterocycles. The Morgan fingerprint density at radius 1 is 1.50 bits per heavy atom. The van der Waals surface area contributed by atoms with Crippen molar-refractivity contribution in [1.29, 1.82) is 5.26 Å². The van der Waals surface area contributed by atoms with Crippen molar-refractivity contribution in [2.24, 2.45) is 0 Å². The van der Waals surface area contributed by atoms with E-state index in [0.29, 0.717) is 0 Å². The van der Waals surface area contributed by atoms with Gasteiger partial charge in [-0.25, -0.2) is 4.67 Å². The van der Waals surface area contributed by atoms with Crippen molar-refractivity contribution < 1.29 is 9.09 Å². The molecule has 0 aromatic heterocycles. The maximum Gasteiger partial charge on any atom is 0.371 e. The Morgan fingerprint density at radius 2 is 2.00 bits per heavy atom. The van der Waals surface area contributed by atoms with Crippen LogP contribution in [-0.2, 0) is 9.09 Å². The summed E-state index contributed by atoms with van der Waals surface area (Å²) in [7, 11) is -1.63. The molecule has 0 aromatic carbocycles. The Morgan fingerprint density at radius 3 is 2.29 bits per heavy atom. The first kappa shape index (κ1) is 13.6. The van der Waals surface area contributed by atoms with Gasteiger partial charge in [0.15, 0.2) is 5.81 Å². The second-order valence-electron chi connectivity index (χ2n) is 3.61. The number of hydrogen-bond donors (Lipinski definition) is 0. The molecule has 4 nitrogen and oxygen atoms in total. The van der Waals surface area contributed by atoms with Crippen molar-refractivity contribution in [1.82, 2.24) is 4.67 Å². The summed E-state index contributed by atoms with van der Waals surface area (Å²) in [6.45, 7) is 7.51. The molecule has 0 spiro atoms. The Labute approximate surface area is 86.4 Å². The van der Waals surface area contributed by atoms with Crippen LogP contribution in [0.2, 0.25) is 0 Å². The van der Waals surface area contributed by atoms with E-state index in [0.717, 1.165) is 6.42 Å². The fourth-order valence-corrected chi connectivity index (χ4v) is 2.37. The first-order chi connectivity index (χ1) is 6.37. The van der Waals surface area contributed by atoms with Gasteiger partial charge in [-0.05, 0) is 34.2 Å². The van der Waals surface area contributed by atoms with Crippen molar-refractivity contribution in [2.45, 2.75) is 46.3 Å². The first-order valence-electron chi connectivity index (χ1n) is 4.80. The second-order valence-corrected chi connectivity index (χ2v) is 5.69. The smallest absolute Gasteiger partial charge is 0.304 e. The minimum atomic E-state index is -3.28. The lowest BCUT2D eigenvalue weighted by molar-refractivity contribution is 0.194. The van der Waals surface area contributed by atoms with Crippen LogP contribution < -0.4 is 0 Å². The Kier molecular flexibility index (Phi) is 5.36. The molecule has 14 heavy (non-hydrogen) atoms. The van der Waals surface area contributed by atoms with Gasteiger partial charge >= 0.3 is 7.52 Å². The Hall–Kier alpha value is -0.360. The van der Waals surface area contributed by atoms with Gasteiger partial charge in [-0.15, -0.1) is 0 Å². The molecule has 0 aliphatic carbocycles. The maximum absolute atomic E-state index is 12.0. The van der Waals surface area contributed by atoms with Crippen LogP contribution in [0.15, 0.2) is 0 Å². The monoisotopic (exact) mass is 218 g/mol. The van der Waals surface area contributed by atoms with E-state index < -0.39 is 7.52 Å². The molecule has 0 aromatic rings. The van der Waals surface area contributed by atoms with E-state index >= 15 is 0 Å². The van der Waals surface area contributed by atoms with Crippen LogP contribution in [0, 0.1) is 11.1 Å². The first-order valence-corrected chi connectivity index (χ1v) is 6.38. The highest BCUT2D eigenvalue weighted by Crippen LogP contribution is 2.50. The Bertz CT molecular complexity index is 260. The molecule has 0 heterocycles. The molecule has 0 amide bonds. The predicted octanol–water partition coefficient (Wildman–Crippen LogP) is 2.82. The zero-order chi connectivity index (χ0) is 11.4. The van der Waals surface area contributed by atoms with Crippen molar-refractivity contribution in [2.75, 3.05) is 7.05 Å². The highest BCUT2D eigenvalue weighted by atomic mass is 31.2. The molecular formula is C9H19N2O2P. The largest absolute Gasteiger partial charge is 0.371 e. The minimum absolute atomic E-state index is 0.0320. The molecule has 5 heteroatoms. The topological polar surface area (TPSA) is 53.3 Å². The van der Waals surface area contributed by atoms with Gasteiger partial charge < -0.3 is 4.52 Å². The summed E-state index contributed by atoms with van der Waals surface area (Å²) in [6.07, 6.45) is 0.596. The van der Waals surface area contributed by atoms with Crippen molar-refractivity contribution in [3.8, 4) is 5.81 Å². The number of rotatable bonds is 5. The summed E-state index contributed by atoms with van der Waals surface area (Å²) in [6, 6.07) is 0.0320. The normalized spacial score (nSPS) is 17.9. The molecule has 82 valence electrons. The van der Waals surface area contributed by atoms with Crippen molar-refractivity contribution in [3.05, 3.63) is 0 Å². The third kappa shape index (κ3) is 3.42. The zero-order valence-corrected chi connectivity index (χ0v) is 10.4. The minimum Gasteiger partial charge on any atom is -0.304 e. The van der Waals surface area contributed by atoms with E-state index in [1.165, 1.54) is 4.67 Å². The van der Waals surface area contributed by atoms with Crippen LogP contribution in [0.4, 0.5) is 0 Å². The molecule has 0 N–H and O–H groups in total. The average Bonchev–Trinajstić information content (AvgIpc) is 2.15. The highest BCUT2D eigenvalue weighted by molar-refractivity contribution is 7.61. The van der Waals surface area contributed by atoms with E-state index in [9.17, 15) is 4.57 Å². The van der Waals surface area contributed by atoms with Crippen LogP contribution in [-0.4, -0.2) is 23.9 Å². The fraction of sp³-hybridized carbons (Fsp3) is 0.889. The zero-order valence-electron chi connectivity index (χ0n) is 9.52. The molecule has 0 aliphatic heterocycles. The van der Waals surface area contributed by atoms with Crippen LogP contribution in [0.5, 0.6) is 0 Å². The van der Waals surface area contributed by atoms with E-state index in [4.69, 9.17) is 9.79 Å². The van der Waals surface area contributed by atoms with E-state index in [1.807, 2.05) is 27.7 Å². The maximum atomic E-state index is 12.0.